The molecule has 2 aromatic heterocycles. The molecule has 0 aliphatic rings. The number of hydrogen-bond acceptors (Lipinski definition) is 2. The molecule has 0 saturated carbocycles. The van der Waals surface area contributed by atoms with Crippen molar-refractivity contribution in [3.05, 3.63) is 42.2 Å². The molecule has 0 saturated heterocycles. The summed E-state index contributed by atoms with van der Waals surface area (Å²) in [6.45, 7) is 0. The van der Waals surface area contributed by atoms with Gasteiger partial charge in [-0.2, -0.15) is 0 Å². The molecule has 2 heterocycles. The van der Waals surface area contributed by atoms with Crippen molar-refractivity contribution in [2.24, 2.45) is 5.16 Å². The van der Waals surface area contributed by atoms with E-state index < -0.39 is 0 Å². The van der Waals surface area contributed by atoms with Crippen LogP contribution in [0.15, 0.2) is 41.8 Å². The van der Waals surface area contributed by atoms with Gasteiger partial charge in [-0.25, -0.2) is 0 Å². The predicted octanol–water partition coefficient (Wildman–Crippen LogP) is 1.75. The maximum absolute atomic E-state index is 8.36. The standard InChI is InChI=1S/C9H8N2O/c12-10-7-8-4-6-11-5-2-1-3-9(8)11/h1-7,12H/b10-7+. The monoisotopic (exact) mass is 160 g/mol. The van der Waals surface area contributed by atoms with Crippen molar-refractivity contribution in [3.8, 4) is 0 Å². The second-order valence-electron chi connectivity index (χ2n) is 2.51. The molecule has 0 atom stereocenters. The second-order valence-corrected chi connectivity index (χ2v) is 2.51. The highest BCUT2D eigenvalue weighted by atomic mass is 16.4. The summed E-state index contributed by atoms with van der Waals surface area (Å²) in [5, 5.41) is 11.3. The first-order valence-electron chi connectivity index (χ1n) is 3.65. The van der Waals surface area contributed by atoms with Crippen LogP contribution in [0, 0.1) is 0 Å². The molecule has 0 aliphatic carbocycles. The van der Waals surface area contributed by atoms with E-state index in [0.717, 1.165) is 11.1 Å². The highest BCUT2D eigenvalue weighted by molar-refractivity contribution is 5.89. The molecule has 12 heavy (non-hydrogen) atoms. The van der Waals surface area contributed by atoms with Gasteiger partial charge >= 0.3 is 0 Å². The molecule has 0 bridgehead atoms. The van der Waals surface area contributed by atoms with Gasteiger partial charge in [0.25, 0.3) is 0 Å². The Hall–Kier alpha value is -1.77. The SMILES string of the molecule is O/N=C/c1ccn2ccccc12. The number of hydrogen-bond donors (Lipinski definition) is 1. The fourth-order valence-corrected chi connectivity index (χ4v) is 1.25. The van der Waals surface area contributed by atoms with Gasteiger partial charge in [-0.15, -0.1) is 0 Å². The molecule has 0 spiro atoms. The minimum Gasteiger partial charge on any atom is -0.411 e. The maximum atomic E-state index is 8.36. The fourth-order valence-electron chi connectivity index (χ4n) is 1.25. The van der Waals surface area contributed by atoms with Crippen molar-refractivity contribution >= 4 is 11.7 Å². The molecule has 0 fully saturated rings. The Kier molecular flexibility index (Phi) is 1.55. The molecule has 0 unspecified atom stereocenters. The number of pyridine rings is 1. The molecule has 3 nitrogen and oxygen atoms in total. The highest BCUT2D eigenvalue weighted by Gasteiger charge is 1.96. The molecule has 0 aromatic carbocycles. The Bertz CT molecular complexity index is 417. The first kappa shape index (κ1) is 6.91. The Balaban J connectivity index is 2.70. The van der Waals surface area contributed by atoms with E-state index in [1.165, 1.54) is 6.21 Å². The largest absolute Gasteiger partial charge is 0.411 e. The second kappa shape index (κ2) is 2.70. The number of nitrogens with zero attached hydrogens (tertiary/aromatic N) is 2. The molecular formula is C9H8N2O. The molecule has 2 rings (SSSR count). The zero-order valence-corrected chi connectivity index (χ0v) is 6.38. The quantitative estimate of drug-likeness (QED) is 0.385. The predicted molar refractivity (Wildman–Crippen MR) is 46.8 cm³/mol. The van der Waals surface area contributed by atoms with Crippen LogP contribution < -0.4 is 0 Å². The number of fused-ring (bicyclic) bond motifs is 1. The molecule has 1 N–H and O–H groups in total. The Morgan fingerprint density at radius 1 is 1.25 bits per heavy atom. The third-order valence-corrected chi connectivity index (χ3v) is 1.80. The summed E-state index contributed by atoms with van der Waals surface area (Å²) in [6, 6.07) is 7.77. The Morgan fingerprint density at radius 3 is 3.00 bits per heavy atom. The van der Waals surface area contributed by atoms with Gasteiger partial charge in [-0.05, 0) is 18.2 Å². The van der Waals surface area contributed by atoms with Gasteiger partial charge in [-0.1, -0.05) is 11.2 Å². The number of aromatic nitrogens is 1. The third kappa shape index (κ3) is 0.955. The molecular weight excluding hydrogens is 152 g/mol. The molecule has 3 heteroatoms. The van der Waals surface area contributed by atoms with Gasteiger partial charge in [0.05, 0.1) is 11.7 Å². The summed E-state index contributed by atoms with van der Waals surface area (Å²) >= 11 is 0. The number of rotatable bonds is 1. The first-order valence-corrected chi connectivity index (χ1v) is 3.65. The van der Waals surface area contributed by atoms with Crippen LogP contribution in [0.3, 0.4) is 0 Å². The lowest BCUT2D eigenvalue weighted by Gasteiger charge is -1.92. The Labute approximate surface area is 69.6 Å². The van der Waals surface area contributed by atoms with Gasteiger partial charge in [0.1, 0.15) is 0 Å². The lowest BCUT2D eigenvalue weighted by atomic mass is 10.3. The summed E-state index contributed by atoms with van der Waals surface area (Å²) in [5.41, 5.74) is 1.95. The van der Waals surface area contributed by atoms with Gasteiger partial charge in [0, 0.05) is 18.0 Å². The van der Waals surface area contributed by atoms with Crippen LogP contribution in [0.4, 0.5) is 0 Å². The summed E-state index contributed by atoms with van der Waals surface area (Å²) in [5.74, 6) is 0. The lowest BCUT2D eigenvalue weighted by Crippen LogP contribution is -1.82. The lowest BCUT2D eigenvalue weighted by molar-refractivity contribution is 0.322. The molecule has 60 valence electrons. The molecule has 2 aromatic rings. The van der Waals surface area contributed by atoms with Crippen molar-refractivity contribution in [2.45, 2.75) is 0 Å². The van der Waals surface area contributed by atoms with E-state index in [1.54, 1.807) is 0 Å². The minimum absolute atomic E-state index is 0.915. The van der Waals surface area contributed by atoms with Crippen LogP contribution in [-0.4, -0.2) is 15.8 Å². The van der Waals surface area contributed by atoms with Gasteiger partial charge in [-0.3, -0.25) is 0 Å². The average molecular weight is 160 g/mol. The van der Waals surface area contributed by atoms with Gasteiger partial charge in [0.15, 0.2) is 0 Å². The zero-order chi connectivity index (χ0) is 8.39. The summed E-state index contributed by atoms with van der Waals surface area (Å²) in [7, 11) is 0. The zero-order valence-electron chi connectivity index (χ0n) is 6.38. The smallest absolute Gasteiger partial charge is 0.0755 e. The maximum Gasteiger partial charge on any atom is 0.0755 e. The summed E-state index contributed by atoms with van der Waals surface area (Å²) < 4.78 is 1.97. The van der Waals surface area contributed by atoms with Crippen LogP contribution in [0.25, 0.3) is 5.52 Å². The van der Waals surface area contributed by atoms with Crippen LogP contribution in [-0.2, 0) is 0 Å². The van der Waals surface area contributed by atoms with Crippen LogP contribution >= 0.6 is 0 Å². The minimum atomic E-state index is 0.915. The van der Waals surface area contributed by atoms with Crippen LogP contribution in [0.5, 0.6) is 0 Å². The van der Waals surface area contributed by atoms with E-state index in [2.05, 4.69) is 5.16 Å². The van der Waals surface area contributed by atoms with Gasteiger partial charge in [0.2, 0.25) is 0 Å². The van der Waals surface area contributed by atoms with E-state index in [4.69, 9.17) is 5.21 Å². The fraction of sp³-hybridized carbons (Fsp3) is 0. The number of oxime groups is 1. The van der Waals surface area contributed by atoms with Crippen LogP contribution in [0.1, 0.15) is 5.56 Å². The average Bonchev–Trinajstić information content (AvgIpc) is 2.50. The van der Waals surface area contributed by atoms with E-state index in [-0.39, 0.29) is 0 Å². The van der Waals surface area contributed by atoms with Crippen molar-refractivity contribution in [1.29, 1.82) is 0 Å². The van der Waals surface area contributed by atoms with E-state index in [1.807, 2.05) is 41.1 Å². The van der Waals surface area contributed by atoms with Crippen molar-refractivity contribution in [3.63, 3.8) is 0 Å². The normalized spacial score (nSPS) is 11.3. The summed E-state index contributed by atoms with van der Waals surface area (Å²) in [6.07, 6.45) is 5.30. The Morgan fingerprint density at radius 2 is 2.17 bits per heavy atom. The van der Waals surface area contributed by atoms with Crippen molar-refractivity contribution < 1.29 is 5.21 Å². The van der Waals surface area contributed by atoms with Gasteiger partial charge < -0.3 is 9.61 Å². The molecule has 0 aliphatic heterocycles. The third-order valence-electron chi connectivity index (χ3n) is 1.80. The summed E-state index contributed by atoms with van der Waals surface area (Å²) in [4.78, 5) is 0. The highest BCUT2D eigenvalue weighted by Crippen LogP contribution is 2.09. The van der Waals surface area contributed by atoms with Crippen molar-refractivity contribution in [1.82, 2.24) is 4.40 Å². The van der Waals surface area contributed by atoms with E-state index in [9.17, 15) is 0 Å². The molecule has 0 amide bonds. The topological polar surface area (TPSA) is 37.0 Å². The van der Waals surface area contributed by atoms with E-state index >= 15 is 0 Å². The molecule has 0 radical (unpaired) electrons. The van der Waals surface area contributed by atoms with E-state index in [0.29, 0.717) is 0 Å². The van der Waals surface area contributed by atoms with Crippen LogP contribution in [0.2, 0.25) is 0 Å². The first-order chi connectivity index (χ1) is 5.92. The van der Waals surface area contributed by atoms with Crippen molar-refractivity contribution in [2.75, 3.05) is 0 Å².